The number of likely N-dealkylation sites (tertiary alicyclic amines) is 1. The van der Waals surface area contributed by atoms with Crippen LogP contribution in [0.4, 0.5) is 0 Å². The Balaban J connectivity index is 2.08. The summed E-state index contributed by atoms with van der Waals surface area (Å²) in [7, 11) is 0. The summed E-state index contributed by atoms with van der Waals surface area (Å²) in [6.07, 6.45) is 5.31. The van der Waals surface area contributed by atoms with Crippen molar-refractivity contribution in [3.8, 4) is 0 Å². The zero-order valence-electron chi connectivity index (χ0n) is 12.8. The molecule has 4 heteroatoms. The van der Waals surface area contributed by atoms with Gasteiger partial charge in [0.25, 0.3) is 0 Å². The highest BCUT2D eigenvalue weighted by molar-refractivity contribution is 6.42. The van der Waals surface area contributed by atoms with Gasteiger partial charge in [0.1, 0.15) is 0 Å². The molecule has 1 aromatic carbocycles. The smallest absolute Gasteiger partial charge is 0.156 e. The van der Waals surface area contributed by atoms with Crippen LogP contribution in [0.3, 0.4) is 0 Å². The molecule has 0 radical (unpaired) electrons. The molecule has 0 aliphatic carbocycles. The summed E-state index contributed by atoms with van der Waals surface area (Å²) < 4.78 is 0. The first-order valence-electron chi connectivity index (χ1n) is 7.63. The molecule has 1 aliphatic rings. The van der Waals surface area contributed by atoms with E-state index in [0.717, 1.165) is 18.7 Å². The Labute approximate surface area is 137 Å². The number of carbonyl (C=O) groups excluding carboxylic acids is 1. The molecule has 0 aromatic heterocycles. The fraction of sp³-hybridized carbons (Fsp3) is 0.588. The van der Waals surface area contributed by atoms with E-state index < -0.39 is 5.54 Å². The van der Waals surface area contributed by atoms with E-state index in [0.29, 0.717) is 16.5 Å². The zero-order chi connectivity index (χ0) is 15.5. The summed E-state index contributed by atoms with van der Waals surface area (Å²) in [5.41, 5.74) is 0.508. The first-order valence-corrected chi connectivity index (χ1v) is 8.39. The quantitative estimate of drug-likeness (QED) is 0.794. The minimum atomic E-state index is -0.420. The summed E-state index contributed by atoms with van der Waals surface area (Å²) in [4.78, 5) is 15.1. The van der Waals surface area contributed by atoms with Crippen molar-refractivity contribution >= 4 is 29.0 Å². The fourth-order valence-electron chi connectivity index (χ4n) is 2.86. The van der Waals surface area contributed by atoms with Gasteiger partial charge < -0.3 is 0 Å². The molecule has 1 fully saturated rings. The van der Waals surface area contributed by atoms with Crippen LogP contribution in [0, 0.1) is 0 Å². The molecule has 1 saturated heterocycles. The van der Waals surface area contributed by atoms with Gasteiger partial charge in [-0.2, -0.15) is 0 Å². The van der Waals surface area contributed by atoms with Crippen molar-refractivity contribution < 1.29 is 4.79 Å². The Morgan fingerprint density at radius 3 is 2.29 bits per heavy atom. The highest BCUT2D eigenvalue weighted by atomic mass is 35.5. The van der Waals surface area contributed by atoms with Crippen LogP contribution < -0.4 is 0 Å². The molecule has 0 amide bonds. The number of rotatable bonds is 4. The van der Waals surface area contributed by atoms with E-state index >= 15 is 0 Å². The molecule has 1 aromatic rings. The van der Waals surface area contributed by atoms with Gasteiger partial charge in [-0.05, 0) is 57.5 Å². The Kier molecular flexibility index (Phi) is 5.70. The molecule has 0 atom stereocenters. The lowest BCUT2D eigenvalue weighted by atomic mass is 9.91. The van der Waals surface area contributed by atoms with Crippen LogP contribution in [0.15, 0.2) is 18.2 Å². The van der Waals surface area contributed by atoms with Crippen LogP contribution >= 0.6 is 23.2 Å². The Bertz CT molecular complexity index is 506. The van der Waals surface area contributed by atoms with E-state index in [2.05, 4.69) is 4.90 Å². The topological polar surface area (TPSA) is 20.3 Å². The average Bonchev–Trinajstić information content (AvgIpc) is 2.72. The van der Waals surface area contributed by atoms with Crippen LogP contribution in [0.5, 0.6) is 0 Å². The van der Waals surface area contributed by atoms with Crippen molar-refractivity contribution in [1.29, 1.82) is 0 Å². The maximum absolute atomic E-state index is 12.7. The van der Waals surface area contributed by atoms with E-state index in [-0.39, 0.29) is 5.78 Å². The van der Waals surface area contributed by atoms with Gasteiger partial charge in [0, 0.05) is 6.42 Å². The zero-order valence-corrected chi connectivity index (χ0v) is 14.3. The van der Waals surface area contributed by atoms with Gasteiger partial charge in [0.15, 0.2) is 5.78 Å². The second kappa shape index (κ2) is 7.13. The van der Waals surface area contributed by atoms with E-state index in [1.807, 2.05) is 19.9 Å². The largest absolute Gasteiger partial charge is 0.297 e. The molecule has 2 rings (SSSR count). The van der Waals surface area contributed by atoms with Gasteiger partial charge in [0.2, 0.25) is 0 Å². The van der Waals surface area contributed by atoms with Gasteiger partial charge in [0.05, 0.1) is 15.6 Å². The minimum Gasteiger partial charge on any atom is -0.297 e. The molecule has 0 bridgehead atoms. The SMILES string of the molecule is CC(C)(C(=O)Cc1ccc(Cl)c(Cl)c1)N1CCCCCC1. The molecule has 116 valence electrons. The van der Waals surface area contributed by atoms with Gasteiger partial charge in [-0.1, -0.05) is 42.1 Å². The molecule has 0 spiro atoms. The number of carbonyl (C=O) groups is 1. The lowest BCUT2D eigenvalue weighted by Gasteiger charge is -2.36. The Hall–Kier alpha value is -0.570. The van der Waals surface area contributed by atoms with Crippen LogP contribution in [0.25, 0.3) is 0 Å². The van der Waals surface area contributed by atoms with Crippen LogP contribution in [0.1, 0.15) is 45.1 Å². The number of nitrogens with zero attached hydrogens (tertiary/aromatic N) is 1. The number of Topliss-reactive ketones (excluding diaryl/α,β-unsaturated/α-hetero) is 1. The highest BCUT2D eigenvalue weighted by Gasteiger charge is 2.34. The third-order valence-electron chi connectivity index (χ3n) is 4.43. The summed E-state index contributed by atoms with van der Waals surface area (Å²) in [5.74, 6) is 0.239. The summed E-state index contributed by atoms with van der Waals surface area (Å²) in [5, 5.41) is 1.04. The Morgan fingerprint density at radius 2 is 1.71 bits per heavy atom. The number of hydrogen-bond donors (Lipinski definition) is 0. The van der Waals surface area contributed by atoms with Gasteiger partial charge in [-0.25, -0.2) is 0 Å². The second-order valence-electron chi connectivity index (χ2n) is 6.31. The van der Waals surface area contributed by atoms with Crippen LogP contribution in [-0.2, 0) is 11.2 Å². The van der Waals surface area contributed by atoms with Crippen molar-refractivity contribution in [2.24, 2.45) is 0 Å². The summed E-state index contributed by atoms with van der Waals surface area (Å²) in [6.45, 7) is 6.11. The van der Waals surface area contributed by atoms with Crippen LogP contribution in [-0.4, -0.2) is 29.3 Å². The van der Waals surface area contributed by atoms with Crippen molar-refractivity contribution in [2.45, 2.75) is 51.5 Å². The lowest BCUT2D eigenvalue weighted by molar-refractivity contribution is -0.128. The van der Waals surface area contributed by atoms with E-state index in [9.17, 15) is 4.79 Å². The number of hydrogen-bond acceptors (Lipinski definition) is 2. The molecular formula is C17H23Cl2NO. The van der Waals surface area contributed by atoms with Gasteiger partial charge in [-0.3, -0.25) is 9.69 Å². The van der Waals surface area contributed by atoms with Crippen molar-refractivity contribution in [3.63, 3.8) is 0 Å². The van der Waals surface area contributed by atoms with Crippen molar-refractivity contribution in [3.05, 3.63) is 33.8 Å². The highest BCUT2D eigenvalue weighted by Crippen LogP contribution is 2.26. The summed E-state index contributed by atoms with van der Waals surface area (Å²) in [6, 6.07) is 5.43. The molecule has 1 aliphatic heterocycles. The normalized spacial score (nSPS) is 17.5. The third-order valence-corrected chi connectivity index (χ3v) is 5.17. The number of ketones is 1. The molecule has 2 nitrogen and oxygen atoms in total. The minimum absolute atomic E-state index is 0.239. The maximum atomic E-state index is 12.7. The van der Waals surface area contributed by atoms with Crippen molar-refractivity contribution in [2.75, 3.05) is 13.1 Å². The van der Waals surface area contributed by atoms with Gasteiger partial charge >= 0.3 is 0 Å². The molecular weight excluding hydrogens is 305 g/mol. The maximum Gasteiger partial charge on any atom is 0.156 e. The predicted molar refractivity (Wildman–Crippen MR) is 89.3 cm³/mol. The standard InChI is InChI=1S/C17H23Cl2NO/c1-17(2,20-9-5-3-4-6-10-20)16(21)12-13-7-8-14(18)15(19)11-13/h7-8,11H,3-6,9-10,12H2,1-2H3. The van der Waals surface area contributed by atoms with Crippen molar-refractivity contribution in [1.82, 2.24) is 4.90 Å². The molecule has 0 unspecified atom stereocenters. The van der Waals surface area contributed by atoms with E-state index in [1.165, 1.54) is 25.7 Å². The van der Waals surface area contributed by atoms with Crippen LogP contribution in [0.2, 0.25) is 10.0 Å². The van der Waals surface area contributed by atoms with E-state index in [4.69, 9.17) is 23.2 Å². The average molecular weight is 328 g/mol. The fourth-order valence-corrected chi connectivity index (χ4v) is 3.18. The molecule has 21 heavy (non-hydrogen) atoms. The number of benzene rings is 1. The third kappa shape index (κ3) is 4.21. The first-order chi connectivity index (χ1) is 9.91. The van der Waals surface area contributed by atoms with Gasteiger partial charge in [-0.15, -0.1) is 0 Å². The first kappa shape index (κ1) is 16.8. The second-order valence-corrected chi connectivity index (χ2v) is 7.12. The lowest BCUT2D eigenvalue weighted by Crippen LogP contribution is -2.51. The molecule has 1 heterocycles. The number of halogens is 2. The summed E-state index contributed by atoms with van der Waals surface area (Å²) >= 11 is 12.0. The van der Waals surface area contributed by atoms with E-state index in [1.54, 1.807) is 12.1 Å². The monoisotopic (exact) mass is 327 g/mol. The molecule has 0 N–H and O–H groups in total. The molecule has 0 saturated carbocycles. The Morgan fingerprint density at radius 1 is 1.10 bits per heavy atom. The predicted octanol–water partition coefficient (Wildman–Crippen LogP) is 4.76.